The molecule has 0 N–H and O–H groups in total. The lowest BCUT2D eigenvalue weighted by molar-refractivity contribution is 0.450. The number of rotatable bonds is 1. The Balaban J connectivity index is 3.79. The van der Waals surface area contributed by atoms with Crippen molar-refractivity contribution in [2.75, 3.05) is 0 Å². The highest BCUT2D eigenvalue weighted by molar-refractivity contribution is 7.85. The fourth-order valence-electron chi connectivity index (χ4n) is 1.99. The maximum atomic E-state index is 11.6. The van der Waals surface area contributed by atoms with E-state index in [4.69, 9.17) is 0 Å². The van der Waals surface area contributed by atoms with E-state index in [9.17, 15) is 13.0 Å². The minimum Gasteiger partial charge on any atom is -0.744 e. The topological polar surface area (TPSA) is 57.2 Å². The van der Waals surface area contributed by atoms with Gasteiger partial charge < -0.3 is 4.55 Å². The predicted octanol–water partition coefficient (Wildman–Crippen LogP) is 3.19. The normalized spacial score (nSPS) is 13.7. The van der Waals surface area contributed by atoms with E-state index < -0.39 is 10.1 Å². The average Bonchev–Trinajstić information content (AvgIpc) is 2.12. The lowest BCUT2D eigenvalue weighted by Gasteiger charge is -2.30. The number of benzene rings is 1. The fourth-order valence-corrected chi connectivity index (χ4v) is 3.27. The van der Waals surface area contributed by atoms with Gasteiger partial charge in [0.1, 0.15) is 10.1 Å². The zero-order chi connectivity index (χ0) is 14.4. The van der Waals surface area contributed by atoms with Crippen molar-refractivity contribution >= 4 is 10.1 Å². The van der Waals surface area contributed by atoms with Crippen LogP contribution in [0, 0.1) is 0 Å². The Morgan fingerprint density at radius 3 is 1.44 bits per heavy atom. The van der Waals surface area contributed by atoms with Crippen LogP contribution >= 0.6 is 0 Å². The van der Waals surface area contributed by atoms with Crippen LogP contribution in [0.15, 0.2) is 23.1 Å². The molecule has 0 aromatic heterocycles. The first-order valence-corrected chi connectivity index (χ1v) is 7.36. The summed E-state index contributed by atoms with van der Waals surface area (Å²) in [6.07, 6.45) is 0. The molecule has 4 heteroatoms. The molecular formula is C14H21O3S-. The largest absolute Gasteiger partial charge is 0.744 e. The van der Waals surface area contributed by atoms with Gasteiger partial charge in [-0.15, -0.1) is 0 Å². The second-order valence-electron chi connectivity index (χ2n) is 6.64. The van der Waals surface area contributed by atoms with E-state index in [1.807, 2.05) is 47.6 Å². The summed E-state index contributed by atoms with van der Waals surface area (Å²) in [4.78, 5) is -0.0509. The maximum Gasteiger partial charge on any atom is 0.125 e. The van der Waals surface area contributed by atoms with Crippen molar-refractivity contribution < 1.29 is 13.0 Å². The Hall–Kier alpha value is -0.870. The average molecular weight is 269 g/mol. The lowest BCUT2D eigenvalue weighted by Crippen LogP contribution is -2.23. The minimum atomic E-state index is -4.48. The summed E-state index contributed by atoms with van der Waals surface area (Å²) in [6, 6.07) is 5.26. The highest BCUT2D eigenvalue weighted by atomic mass is 32.2. The molecule has 0 aliphatic heterocycles. The molecule has 1 aromatic carbocycles. The van der Waals surface area contributed by atoms with Gasteiger partial charge in [-0.3, -0.25) is 0 Å². The second-order valence-corrected chi connectivity index (χ2v) is 7.95. The molecule has 102 valence electrons. The van der Waals surface area contributed by atoms with E-state index >= 15 is 0 Å². The molecule has 0 bridgehead atoms. The molecule has 0 unspecified atom stereocenters. The van der Waals surface area contributed by atoms with Crippen molar-refractivity contribution in [2.45, 2.75) is 57.3 Å². The van der Waals surface area contributed by atoms with E-state index in [-0.39, 0.29) is 15.7 Å². The molecule has 0 heterocycles. The third kappa shape index (κ3) is 3.12. The van der Waals surface area contributed by atoms with Gasteiger partial charge in [0.05, 0.1) is 4.90 Å². The first kappa shape index (κ1) is 15.2. The third-order valence-electron chi connectivity index (χ3n) is 2.88. The zero-order valence-corrected chi connectivity index (χ0v) is 12.7. The molecule has 1 rings (SSSR count). The molecular weight excluding hydrogens is 248 g/mol. The molecule has 1 aromatic rings. The summed E-state index contributed by atoms with van der Waals surface area (Å²) >= 11 is 0. The van der Waals surface area contributed by atoms with Crippen molar-refractivity contribution in [1.82, 2.24) is 0 Å². The summed E-state index contributed by atoms with van der Waals surface area (Å²) < 4.78 is 34.8. The van der Waals surface area contributed by atoms with Crippen LogP contribution in [0.3, 0.4) is 0 Å². The Bertz CT molecular complexity index is 511. The van der Waals surface area contributed by atoms with Gasteiger partial charge >= 0.3 is 0 Å². The molecule has 0 radical (unpaired) electrons. The van der Waals surface area contributed by atoms with Crippen LogP contribution in [0.25, 0.3) is 0 Å². The van der Waals surface area contributed by atoms with Crippen LogP contribution in [-0.4, -0.2) is 13.0 Å². The smallest absolute Gasteiger partial charge is 0.125 e. The van der Waals surface area contributed by atoms with Crippen molar-refractivity contribution in [3.63, 3.8) is 0 Å². The molecule has 0 saturated heterocycles. The molecule has 0 atom stereocenters. The summed E-state index contributed by atoms with van der Waals surface area (Å²) in [7, 11) is -4.48. The molecule has 0 amide bonds. The van der Waals surface area contributed by atoms with Crippen LogP contribution in [0.4, 0.5) is 0 Å². The van der Waals surface area contributed by atoms with E-state index in [1.54, 1.807) is 12.1 Å². The van der Waals surface area contributed by atoms with Gasteiger partial charge in [0.2, 0.25) is 0 Å². The quantitative estimate of drug-likeness (QED) is 0.736. The zero-order valence-electron chi connectivity index (χ0n) is 11.9. The first-order valence-electron chi connectivity index (χ1n) is 5.95. The summed E-state index contributed by atoms with van der Waals surface area (Å²) in [5.74, 6) is 0. The van der Waals surface area contributed by atoms with Crippen LogP contribution in [0.1, 0.15) is 52.7 Å². The van der Waals surface area contributed by atoms with Gasteiger partial charge in [0.25, 0.3) is 0 Å². The standard InChI is InChI=1S/C14H22O3S/c1-13(2,3)10-8-7-9-11(14(4,5)6)12(10)18(15,16)17/h7-9H,1-6H3,(H,15,16,17)/p-1. The molecule has 0 spiro atoms. The van der Waals surface area contributed by atoms with Crippen LogP contribution < -0.4 is 0 Å². The fraction of sp³-hybridized carbons (Fsp3) is 0.571. The Kier molecular flexibility index (Phi) is 3.67. The van der Waals surface area contributed by atoms with Crippen LogP contribution in [0.5, 0.6) is 0 Å². The summed E-state index contributed by atoms with van der Waals surface area (Å²) in [6.45, 7) is 11.4. The number of hydrogen-bond donors (Lipinski definition) is 0. The highest BCUT2D eigenvalue weighted by Crippen LogP contribution is 2.36. The molecule has 0 fully saturated rings. The molecule has 0 saturated carbocycles. The van der Waals surface area contributed by atoms with E-state index in [1.165, 1.54) is 0 Å². The summed E-state index contributed by atoms with van der Waals surface area (Å²) in [5, 5.41) is 0. The van der Waals surface area contributed by atoms with Crippen molar-refractivity contribution in [2.24, 2.45) is 0 Å². The molecule has 18 heavy (non-hydrogen) atoms. The van der Waals surface area contributed by atoms with Gasteiger partial charge in [-0.1, -0.05) is 59.7 Å². The van der Waals surface area contributed by atoms with Gasteiger partial charge in [0.15, 0.2) is 0 Å². The number of hydrogen-bond acceptors (Lipinski definition) is 3. The van der Waals surface area contributed by atoms with Gasteiger partial charge in [-0.2, -0.15) is 0 Å². The Morgan fingerprint density at radius 1 is 0.889 bits per heavy atom. The SMILES string of the molecule is CC(C)(C)c1cccc(C(C)(C)C)c1S(=O)(=O)[O-]. The van der Waals surface area contributed by atoms with E-state index in [2.05, 4.69) is 0 Å². The van der Waals surface area contributed by atoms with Crippen LogP contribution in [-0.2, 0) is 20.9 Å². The molecule has 0 aliphatic rings. The molecule has 0 aliphatic carbocycles. The monoisotopic (exact) mass is 269 g/mol. The van der Waals surface area contributed by atoms with E-state index in [0.717, 1.165) is 0 Å². The molecule has 3 nitrogen and oxygen atoms in total. The lowest BCUT2D eigenvalue weighted by atomic mass is 9.80. The second kappa shape index (κ2) is 4.35. The van der Waals surface area contributed by atoms with Gasteiger partial charge in [-0.05, 0) is 22.0 Å². The Labute approximate surface area is 110 Å². The predicted molar refractivity (Wildman–Crippen MR) is 71.8 cm³/mol. The summed E-state index contributed by atoms with van der Waals surface area (Å²) in [5.41, 5.74) is 0.414. The van der Waals surface area contributed by atoms with Gasteiger partial charge in [0, 0.05) is 0 Å². The minimum absolute atomic E-state index is 0.0509. The first-order chi connectivity index (χ1) is 7.85. The van der Waals surface area contributed by atoms with Crippen molar-refractivity contribution in [3.05, 3.63) is 29.3 Å². The van der Waals surface area contributed by atoms with E-state index in [0.29, 0.717) is 11.1 Å². The maximum absolute atomic E-state index is 11.6. The highest BCUT2D eigenvalue weighted by Gasteiger charge is 2.28. The van der Waals surface area contributed by atoms with Crippen molar-refractivity contribution in [3.8, 4) is 0 Å². The van der Waals surface area contributed by atoms with Crippen LogP contribution in [0.2, 0.25) is 0 Å². The third-order valence-corrected chi connectivity index (χ3v) is 3.82. The Morgan fingerprint density at radius 2 is 1.22 bits per heavy atom. The van der Waals surface area contributed by atoms with Gasteiger partial charge in [-0.25, -0.2) is 8.42 Å². The van der Waals surface area contributed by atoms with Crippen molar-refractivity contribution in [1.29, 1.82) is 0 Å².